The molecule has 4 nitrogen and oxygen atoms in total. The van der Waals surface area contributed by atoms with Crippen LogP contribution in [0.15, 0.2) is 42.5 Å². The fourth-order valence-corrected chi connectivity index (χ4v) is 2.98. The molecule has 0 aromatic heterocycles. The molecule has 0 atom stereocenters. The number of hydrogen-bond donors (Lipinski definition) is 1. The molecule has 1 saturated heterocycles. The summed E-state index contributed by atoms with van der Waals surface area (Å²) in [6.07, 6.45) is 0.875. The monoisotopic (exact) mass is 362 g/mol. The van der Waals surface area contributed by atoms with Crippen molar-refractivity contribution in [3.63, 3.8) is 0 Å². The summed E-state index contributed by atoms with van der Waals surface area (Å²) in [5.41, 5.74) is 2.58. The van der Waals surface area contributed by atoms with Crippen LogP contribution in [0.3, 0.4) is 0 Å². The average molecular weight is 363 g/mol. The third kappa shape index (κ3) is 4.94. The lowest BCUT2D eigenvalue weighted by Gasteiger charge is -2.30. The smallest absolute Gasteiger partial charge is 0.224 e. The summed E-state index contributed by atoms with van der Waals surface area (Å²) in [5.74, 6) is -0.372. The van der Waals surface area contributed by atoms with Crippen molar-refractivity contribution in [2.75, 3.05) is 36.5 Å². The van der Waals surface area contributed by atoms with Crippen molar-refractivity contribution >= 4 is 28.9 Å². The number of nitrogens with one attached hydrogen (secondary N) is 1. The molecule has 2 aromatic rings. The Morgan fingerprint density at radius 3 is 2.60 bits per heavy atom. The van der Waals surface area contributed by atoms with E-state index in [2.05, 4.69) is 10.2 Å². The summed E-state index contributed by atoms with van der Waals surface area (Å²) in [5, 5.41) is 3.53. The molecule has 1 N–H and O–H groups in total. The number of benzene rings is 2. The fraction of sp³-hybridized carbons (Fsp3) is 0.316. The van der Waals surface area contributed by atoms with Gasteiger partial charge in [0.15, 0.2) is 0 Å². The van der Waals surface area contributed by atoms with Gasteiger partial charge in [0.2, 0.25) is 5.91 Å². The van der Waals surface area contributed by atoms with Gasteiger partial charge in [0, 0.05) is 24.5 Å². The topological polar surface area (TPSA) is 41.6 Å². The molecule has 1 heterocycles. The van der Waals surface area contributed by atoms with Gasteiger partial charge in [-0.25, -0.2) is 4.39 Å². The maximum Gasteiger partial charge on any atom is 0.224 e. The summed E-state index contributed by atoms with van der Waals surface area (Å²) in [6.45, 7) is 2.89. The van der Waals surface area contributed by atoms with Crippen molar-refractivity contribution in [1.82, 2.24) is 0 Å². The van der Waals surface area contributed by atoms with E-state index < -0.39 is 0 Å². The summed E-state index contributed by atoms with van der Waals surface area (Å²) in [7, 11) is 0. The van der Waals surface area contributed by atoms with Crippen molar-refractivity contribution in [2.24, 2.45) is 0 Å². The number of carbonyl (C=O) groups is 1. The van der Waals surface area contributed by atoms with Crippen LogP contribution in [0.5, 0.6) is 0 Å². The van der Waals surface area contributed by atoms with Crippen LogP contribution < -0.4 is 10.2 Å². The molecule has 1 fully saturated rings. The van der Waals surface area contributed by atoms with E-state index in [-0.39, 0.29) is 11.7 Å². The first-order valence-corrected chi connectivity index (χ1v) is 8.66. The molecule has 25 heavy (non-hydrogen) atoms. The molecular weight excluding hydrogens is 343 g/mol. The molecule has 0 radical (unpaired) electrons. The highest BCUT2D eigenvalue weighted by molar-refractivity contribution is 6.31. The minimum atomic E-state index is -0.276. The van der Waals surface area contributed by atoms with E-state index in [1.165, 1.54) is 12.1 Å². The Kier molecular flexibility index (Phi) is 5.89. The highest BCUT2D eigenvalue weighted by Crippen LogP contribution is 2.30. The summed E-state index contributed by atoms with van der Waals surface area (Å²) < 4.78 is 18.3. The lowest BCUT2D eigenvalue weighted by atomic mass is 10.1. The number of morpholine rings is 1. The number of anilines is 2. The van der Waals surface area contributed by atoms with Crippen LogP contribution in [0.2, 0.25) is 5.02 Å². The van der Waals surface area contributed by atoms with Crippen molar-refractivity contribution in [3.05, 3.63) is 58.9 Å². The van der Waals surface area contributed by atoms with Gasteiger partial charge >= 0.3 is 0 Å². The normalized spacial score (nSPS) is 14.4. The number of hydrogen-bond acceptors (Lipinski definition) is 3. The Bertz CT molecular complexity index is 731. The van der Waals surface area contributed by atoms with E-state index in [0.717, 1.165) is 24.3 Å². The number of carbonyl (C=O) groups excluding carboxylic acids is 1. The first kappa shape index (κ1) is 17.7. The van der Waals surface area contributed by atoms with Crippen molar-refractivity contribution in [1.29, 1.82) is 0 Å². The molecular formula is C19H20ClFN2O2. The summed E-state index contributed by atoms with van der Waals surface area (Å²) >= 11 is 6.10. The van der Waals surface area contributed by atoms with Gasteiger partial charge in [0.25, 0.3) is 0 Å². The second-order valence-electron chi connectivity index (χ2n) is 5.94. The molecule has 1 aliphatic rings. The van der Waals surface area contributed by atoms with Gasteiger partial charge in [-0.1, -0.05) is 23.7 Å². The second-order valence-corrected chi connectivity index (χ2v) is 6.37. The van der Waals surface area contributed by atoms with E-state index in [0.29, 0.717) is 36.8 Å². The van der Waals surface area contributed by atoms with Gasteiger partial charge in [-0.05, 0) is 42.3 Å². The zero-order valence-corrected chi connectivity index (χ0v) is 14.6. The Morgan fingerprint density at radius 2 is 1.88 bits per heavy atom. The Hall–Kier alpha value is -2.11. The number of ether oxygens (including phenoxy) is 1. The van der Waals surface area contributed by atoms with Crippen LogP contribution in [0.1, 0.15) is 12.0 Å². The molecule has 0 spiro atoms. The van der Waals surface area contributed by atoms with Crippen molar-refractivity contribution in [3.8, 4) is 0 Å². The quantitative estimate of drug-likeness (QED) is 0.877. The first-order chi connectivity index (χ1) is 12.1. The lowest BCUT2D eigenvalue weighted by Crippen LogP contribution is -2.36. The molecule has 6 heteroatoms. The van der Waals surface area contributed by atoms with Gasteiger partial charge in [-0.3, -0.25) is 4.79 Å². The predicted molar refractivity (Wildman–Crippen MR) is 97.8 cm³/mol. The average Bonchev–Trinajstić information content (AvgIpc) is 2.62. The number of aryl methyl sites for hydroxylation is 1. The Labute approximate surface area is 151 Å². The van der Waals surface area contributed by atoms with Crippen LogP contribution in [-0.4, -0.2) is 32.2 Å². The Balaban J connectivity index is 1.65. The van der Waals surface area contributed by atoms with Gasteiger partial charge in [0.1, 0.15) is 5.82 Å². The molecule has 0 bridgehead atoms. The fourth-order valence-electron chi connectivity index (χ4n) is 2.81. The van der Waals surface area contributed by atoms with E-state index in [1.54, 1.807) is 18.2 Å². The Morgan fingerprint density at radius 1 is 1.16 bits per heavy atom. The van der Waals surface area contributed by atoms with Crippen molar-refractivity contribution < 1.29 is 13.9 Å². The SMILES string of the molecule is O=C(CCc1ccc(F)cc1)Nc1cc(Cl)ccc1N1CCOCC1. The number of nitrogens with zero attached hydrogens (tertiary/aromatic N) is 1. The van der Waals surface area contributed by atoms with Crippen LogP contribution in [0.25, 0.3) is 0 Å². The maximum absolute atomic E-state index is 12.9. The predicted octanol–water partition coefficient (Wildman–Crippen LogP) is 3.89. The molecule has 0 unspecified atom stereocenters. The number of halogens is 2. The molecule has 3 rings (SSSR count). The van der Waals surface area contributed by atoms with Gasteiger partial charge in [0.05, 0.1) is 24.6 Å². The molecule has 1 aliphatic heterocycles. The second kappa shape index (κ2) is 8.32. The first-order valence-electron chi connectivity index (χ1n) is 8.28. The van der Waals surface area contributed by atoms with E-state index in [4.69, 9.17) is 16.3 Å². The van der Waals surface area contributed by atoms with Crippen LogP contribution in [-0.2, 0) is 16.0 Å². The lowest BCUT2D eigenvalue weighted by molar-refractivity contribution is -0.116. The van der Waals surface area contributed by atoms with Gasteiger partial charge in [-0.2, -0.15) is 0 Å². The van der Waals surface area contributed by atoms with Crippen molar-refractivity contribution in [2.45, 2.75) is 12.8 Å². The van der Waals surface area contributed by atoms with E-state index in [9.17, 15) is 9.18 Å². The van der Waals surface area contributed by atoms with E-state index >= 15 is 0 Å². The summed E-state index contributed by atoms with van der Waals surface area (Å²) in [4.78, 5) is 14.5. The minimum Gasteiger partial charge on any atom is -0.378 e. The van der Waals surface area contributed by atoms with Crippen LogP contribution >= 0.6 is 11.6 Å². The zero-order chi connectivity index (χ0) is 17.6. The van der Waals surface area contributed by atoms with Crippen LogP contribution in [0, 0.1) is 5.82 Å². The highest BCUT2D eigenvalue weighted by Gasteiger charge is 2.16. The molecule has 1 amide bonds. The maximum atomic E-state index is 12.9. The number of rotatable bonds is 5. The molecule has 0 saturated carbocycles. The molecule has 2 aromatic carbocycles. The van der Waals surface area contributed by atoms with E-state index in [1.807, 2.05) is 12.1 Å². The number of amides is 1. The summed E-state index contributed by atoms with van der Waals surface area (Å²) in [6, 6.07) is 11.7. The minimum absolute atomic E-state index is 0.0962. The molecule has 132 valence electrons. The van der Waals surface area contributed by atoms with Crippen LogP contribution in [0.4, 0.5) is 15.8 Å². The van der Waals surface area contributed by atoms with Gasteiger partial charge < -0.3 is 15.0 Å². The standard InChI is InChI=1S/C19H20ClFN2O2/c20-15-4-7-18(23-9-11-25-12-10-23)17(13-15)22-19(24)8-3-14-1-5-16(21)6-2-14/h1-2,4-7,13H,3,8-12H2,(H,22,24). The van der Waals surface area contributed by atoms with Gasteiger partial charge in [-0.15, -0.1) is 0 Å². The third-order valence-corrected chi connectivity index (χ3v) is 4.37. The third-order valence-electron chi connectivity index (χ3n) is 4.14. The zero-order valence-electron chi connectivity index (χ0n) is 13.8. The highest BCUT2D eigenvalue weighted by atomic mass is 35.5. The largest absolute Gasteiger partial charge is 0.378 e. The molecule has 0 aliphatic carbocycles.